The maximum absolute atomic E-state index is 3.63. The first kappa shape index (κ1) is 12.1. The van der Waals surface area contributed by atoms with Gasteiger partial charge in [-0.3, -0.25) is 0 Å². The molecular weight excluding hydrogens is 262 g/mol. The first-order chi connectivity index (χ1) is 7.65. The van der Waals surface area contributed by atoms with Crippen molar-refractivity contribution in [2.75, 3.05) is 0 Å². The third-order valence-corrected chi connectivity index (χ3v) is 4.09. The molecule has 1 aromatic rings. The molecule has 0 radical (unpaired) electrons. The summed E-state index contributed by atoms with van der Waals surface area (Å²) in [5.41, 5.74) is 1.36. The van der Waals surface area contributed by atoms with Gasteiger partial charge in [-0.2, -0.15) is 0 Å². The molecule has 2 heteroatoms. The van der Waals surface area contributed by atoms with Gasteiger partial charge in [-0.1, -0.05) is 41.9 Å². The van der Waals surface area contributed by atoms with Crippen molar-refractivity contribution in [1.82, 2.24) is 5.32 Å². The maximum atomic E-state index is 3.63. The lowest BCUT2D eigenvalue weighted by molar-refractivity contribution is 0.167. The highest BCUT2D eigenvalue weighted by molar-refractivity contribution is 9.10. The summed E-state index contributed by atoms with van der Waals surface area (Å²) >= 11 is 3.50. The minimum absolute atomic E-state index is 0.742. The minimum Gasteiger partial charge on any atom is -0.310 e. The fourth-order valence-electron chi connectivity index (χ4n) is 2.28. The Kier molecular flexibility index (Phi) is 4.04. The Morgan fingerprint density at radius 3 is 2.75 bits per heavy atom. The molecule has 0 aliphatic heterocycles. The molecule has 1 aliphatic carbocycles. The number of benzene rings is 1. The van der Waals surface area contributed by atoms with Crippen molar-refractivity contribution in [3.05, 3.63) is 34.3 Å². The lowest BCUT2D eigenvalue weighted by Gasteiger charge is -2.38. The smallest absolute Gasteiger partial charge is 0.0208 e. The Hall–Kier alpha value is -0.340. The van der Waals surface area contributed by atoms with Gasteiger partial charge in [-0.15, -0.1) is 0 Å². The molecule has 0 bridgehead atoms. The van der Waals surface area contributed by atoms with Crippen molar-refractivity contribution in [2.45, 2.75) is 39.3 Å². The predicted octanol–water partition coefficient (Wildman–Crippen LogP) is 3.97. The zero-order valence-electron chi connectivity index (χ0n) is 10.0. The molecule has 0 aromatic heterocycles. The summed E-state index contributed by atoms with van der Waals surface area (Å²) in [4.78, 5) is 0. The van der Waals surface area contributed by atoms with E-state index in [1.807, 2.05) is 0 Å². The molecule has 0 atom stereocenters. The molecule has 0 heterocycles. The third kappa shape index (κ3) is 3.08. The van der Waals surface area contributed by atoms with Crippen LogP contribution in [-0.4, -0.2) is 6.04 Å². The quantitative estimate of drug-likeness (QED) is 0.881. The van der Waals surface area contributed by atoms with Crippen LogP contribution in [-0.2, 0) is 6.54 Å². The van der Waals surface area contributed by atoms with E-state index < -0.39 is 0 Å². The van der Waals surface area contributed by atoms with Crippen LogP contribution in [0.1, 0.15) is 32.3 Å². The van der Waals surface area contributed by atoms with Crippen molar-refractivity contribution in [3.63, 3.8) is 0 Å². The van der Waals surface area contributed by atoms with Crippen LogP contribution < -0.4 is 5.32 Å². The number of halogens is 1. The Morgan fingerprint density at radius 1 is 1.38 bits per heavy atom. The second-order valence-electron chi connectivity index (χ2n) is 5.18. The lowest BCUT2D eigenvalue weighted by Crippen LogP contribution is -2.42. The van der Waals surface area contributed by atoms with Crippen molar-refractivity contribution in [1.29, 1.82) is 0 Å². The van der Waals surface area contributed by atoms with E-state index in [0.29, 0.717) is 0 Å². The second kappa shape index (κ2) is 5.33. The summed E-state index contributed by atoms with van der Waals surface area (Å²) in [5, 5.41) is 3.63. The van der Waals surface area contributed by atoms with E-state index in [4.69, 9.17) is 0 Å². The van der Waals surface area contributed by atoms with E-state index in [2.05, 4.69) is 59.4 Å². The van der Waals surface area contributed by atoms with Gasteiger partial charge in [0, 0.05) is 17.1 Å². The maximum Gasteiger partial charge on any atom is 0.0208 e. The van der Waals surface area contributed by atoms with E-state index in [1.54, 1.807) is 0 Å². The van der Waals surface area contributed by atoms with E-state index in [0.717, 1.165) is 24.4 Å². The largest absolute Gasteiger partial charge is 0.310 e. The number of hydrogen-bond acceptors (Lipinski definition) is 1. The van der Waals surface area contributed by atoms with Gasteiger partial charge >= 0.3 is 0 Å². The highest BCUT2D eigenvalue weighted by Gasteiger charge is 2.30. The van der Waals surface area contributed by atoms with E-state index in [-0.39, 0.29) is 0 Å². The average molecular weight is 282 g/mol. The average Bonchev–Trinajstić information content (AvgIpc) is 2.14. The van der Waals surface area contributed by atoms with Crippen molar-refractivity contribution < 1.29 is 0 Å². The van der Waals surface area contributed by atoms with Crippen LogP contribution in [0, 0.1) is 11.8 Å². The molecule has 2 rings (SSSR count). The van der Waals surface area contributed by atoms with Gasteiger partial charge in [0.1, 0.15) is 0 Å². The van der Waals surface area contributed by atoms with Gasteiger partial charge in [0.15, 0.2) is 0 Å². The lowest BCUT2D eigenvalue weighted by atomic mass is 9.73. The zero-order chi connectivity index (χ0) is 11.5. The van der Waals surface area contributed by atoms with Gasteiger partial charge in [0.25, 0.3) is 0 Å². The minimum atomic E-state index is 0.742. The molecule has 0 saturated heterocycles. The molecule has 0 amide bonds. The zero-order valence-corrected chi connectivity index (χ0v) is 11.6. The standard InChI is InChI=1S/C14H20BrN/c1-10(2)12-7-14(8-12)16-9-11-4-3-5-13(15)6-11/h3-6,10,12,14,16H,7-9H2,1-2H3. The molecule has 1 saturated carbocycles. The van der Waals surface area contributed by atoms with Crippen molar-refractivity contribution in [3.8, 4) is 0 Å². The van der Waals surface area contributed by atoms with Crippen LogP contribution in [0.15, 0.2) is 28.7 Å². The van der Waals surface area contributed by atoms with E-state index in [9.17, 15) is 0 Å². The molecule has 1 fully saturated rings. The highest BCUT2D eigenvalue weighted by atomic mass is 79.9. The van der Waals surface area contributed by atoms with Crippen molar-refractivity contribution >= 4 is 15.9 Å². The number of rotatable bonds is 4. The fraction of sp³-hybridized carbons (Fsp3) is 0.571. The molecule has 0 spiro atoms. The number of hydrogen-bond donors (Lipinski definition) is 1. The van der Waals surface area contributed by atoms with Gasteiger partial charge in [0.05, 0.1) is 0 Å². The van der Waals surface area contributed by atoms with Crippen molar-refractivity contribution in [2.24, 2.45) is 11.8 Å². The topological polar surface area (TPSA) is 12.0 Å². The molecule has 16 heavy (non-hydrogen) atoms. The van der Waals surface area contributed by atoms with Crippen LogP contribution >= 0.6 is 15.9 Å². The first-order valence-electron chi connectivity index (χ1n) is 6.13. The van der Waals surface area contributed by atoms with Gasteiger partial charge < -0.3 is 5.32 Å². The van der Waals surface area contributed by atoms with Crippen LogP contribution in [0.2, 0.25) is 0 Å². The van der Waals surface area contributed by atoms with E-state index in [1.165, 1.54) is 22.9 Å². The molecule has 1 aliphatic rings. The summed E-state index contributed by atoms with van der Waals surface area (Å²) in [6.45, 7) is 5.65. The predicted molar refractivity (Wildman–Crippen MR) is 72.3 cm³/mol. The Bertz CT molecular complexity index is 342. The summed E-state index contributed by atoms with van der Waals surface area (Å²) in [6.07, 6.45) is 2.71. The normalized spacial score (nSPS) is 24.5. The van der Waals surface area contributed by atoms with Crippen LogP contribution in [0.25, 0.3) is 0 Å². The Balaban J connectivity index is 1.73. The SMILES string of the molecule is CC(C)C1CC(NCc2cccc(Br)c2)C1. The molecule has 1 N–H and O–H groups in total. The summed E-state index contributed by atoms with van der Waals surface area (Å²) in [6, 6.07) is 9.27. The summed E-state index contributed by atoms with van der Waals surface area (Å²) in [5.74, 6) is 1.80. The third-order valence-electron chi connectivity index (χ3n) is 3.60. The fourth-order valence-corrected chi connectivity index (χ4v) is 2.73. The number of nitrogens with one attached hydrogen (secondary N) is 1. The van der Waals surface area contributed by atoms with Gasteiger partial charge in [0.2, 0.25) is 0 Å². The monoisotopic (exact) mass is 281 g/mol. The molecule has 0 unspecified atom stereocenters. The Morgan fingerprint density at radius 2 is 2.12 bits per heavy atom. The van der Waals surface area contributed by atoms with Crippen LogP contribution in [0.5, 0.6) is 0 Å². The molecule has 88 valence electrons. The van der Waals surface area contributed by atoms with E-state index >= 15 is 0 Å². The van der Waals surface area contributed by atoms with Gasteiger partial charge in [-0.05, 0) is 42.4 Å². The van der Waals surface area contributed by atoms with Gasteiger partial charge in [-0.25, -0.2) is 0 Å². The Labute approximate surface area is 107 Å². The second-order valence-corrected chi connectivity index (χ2v) is 6.10. The van der Waals surface area contributed by atoms with Crippen LogP contribution in [0.3, 0.4) is 0 Å². The summed E-state index contributed by atoms with van der Waals surface area (Å²) < 4.78 is 1.17. The first-order valence-corrected chi connectivity index (χ1v) is 6.92. The molecular formula is C14H20BrN. The van der Waals surface area contributed by atoms with Crippen LogP contribution in [0.4, 0.5) is 0 Å². The summed E-state index contributed by atoms with van der Waals surface area (Å²) in [7, 11) is 0. The molecule has 1 aromatic carbocycles. The molecule has 1 nitrogen and oxygen atoms in total. The highest BCUT2D eigenvalue weighted by Crippen LogP contribution is 2.33.